The van der Waals surface area contributed by atoms with E-state index in [0.717, 1.165) is 24.2 Å². The molecule has 0 radical (unpaired) electrons. The number of nitrogens with zero attached hydrogens (tertiary/aromatic N) is 1. The lowest BCUT2D eigenvalue weighted by Crippen LogP contribution is -2.56. The summed E-state index contributed by atoms with van der Waals surface area (Å²) in [7, 11) is 0. The normalized spacial score (nSPS) is 17.5. The molecule has 1 aliphatic rings. The van der Waals surface area contributed by atoms with Crippen molar-refractivity contribution < 1.29 is 14.3 Å². The van der Waals surface area contributed by atoms with E-state index in [1.807, 2.05) is 26.8 Å². The number of nitrogens with one attached hydrogen (secondary N) is 1. The lowest BCUT2D eigenvalue weighted by molar-refractivity contribution is -0.143. The van der Waals surface area contributed by atoms with Gasteiger partial charge in [0.05, 0.1) is 6.61 Å². The van der Waals surface area contributed by atoms with E-state index in [4.69, 9.17) is 4.74 Å². The lowest BCUT2D eigenvalue weighted by atomic mass is 10.1. The zero-order valence-electron chi connectivity index (χ0n) is 14.9. The third-order valence-corrected chi connectivity index (χ3v) is 4.42. The molecule has 1 saturated heterocycles. The summed E-state index contributed by atoms with van der Waals surface area (Å²) in [5.41, 5.74) is 2.31. The van der Waals surface area contributed by atoms with Gasteiger partial charge in [-0.2, -0.15) is 0 Å². The van der Waals surface area contributed by atoms with E-state index in [1.54, 1.807) is 4.90 Å². The van der Waals surface area contributed by atoms with Crippen molar-refractivity contribution in [2.75, 3.05) is 19.7 Å². The van der Waals surface area contributed by atoms with Gasteiger partial charge in [0.1, 0.15) is 11.8 Å². The molecule has 0 bridgehead atoms. The number of carbonyl (C=O) groups excluding carboxylic acids is 2. The fourth-order valence-corrected chi connectivity index (χ4v) is 2.99. The van der Waals surface area contributed by atoms with E-state index in [-0.39, 0.29) is 17.9 Å². The van der Waals surface area contributed by atoms with Gasteiger partial charge in [-0.3, -0.25) is 9.59 Å². The summed E-state index contributed by atoms with van der Waals surface area (Å²) < 4.78 is 5.82. The summed E-state index contributed by atoms with van der Waals surface area (Å²) in [5, 5.41) is 2.82. The highest BCUT2D eigenvalue weighted by molar-refractivity contribution is 5.88. The molecule has 0 spiro atoms. The van der Waals surface area contributed by atoms with Crippen LogP contribution in [0, 0.1) is 13.8 Å². The molecule has 0 saturated carbocycles. The molecule has 1 aliphatic heterocycles. The maximum atomic E-state index is 12.3. The minimum Gasteiger partial charge on any atom is -0.493 e. The summed E-state index contributed by atoms with van der Waals surface area (Å²) in [6.45, 7) is 7.79. The van der Waals surface area contributed by atoms with E-state index < -0.39 is 0 Å². The average Bonchev–Trinajstić information content (AvgIpc) is 2.57. The molecular formula is C19H28N2O3. The molecule has 5 nitrogen and oxygen atoms in total. The second-order valence-corrected chi connectivity index (χ2v) is 6.38. The van der Waals surface area contributed by atoms with Gasteiger partial charge in [0.2, 0.25) is 11.8 Å². The smallest absolute Gasteiger partial charge is 0.242 e. The molecule has 0 aromatic heterocycles. The zero-order valence-corrected chi connectivity index (χ0v) is 14.9. The summed E-state index contributed by atoms with van der Waals surface area (Å²) in [4.78, 5) is 25.9. The van der Waals surface area contributed by atoms with Gasteiger partial charge in [-0.1, -0.05) is 19.1 Å². The van der Waals surface area contributed by atoms with E-state index in [9.17, 15) is 9.59 Å². The molecule has 1 heterocycles. The number of benzene rings is 1. The van der Waals surface area contributed by atoms with Gasteiger partial charge in [0.15, 0.2) is 0 Å². The third kappa shape index (κ3) is 4.73. The topological polar surface area (TPSA) is 58.6 Å². The minimum atomic E-state index is -0.308. The number of hydrogen-bond acceptors (Lipinski definition) is 3. The molecule has 132 valence electrons. The Morgan fingerprint density at radius 1 is 1.33 bits per heavy atom. The molecule has 1 aromatic rings. The molecular weight excluding hydrogens is 304 g/mol. The predicted molar refractivity (Wildman–Crippen MR) is 94.1 cm³/mol. The quantitative estimate of drug-likeness (QED) is 0.781. The fourth-order valence-electron chi connectivity index (χ4n) is 2.99. The Hall–Kier alpha value is -2.04. The van der Waals surface area contributed by atoms with Crippen LogP contribution in [0.1, 0.15) is 43.7 Å². The van der Waals surface area contributed by atoms with Gasteiger partial charge in [-0.25, -0.2) is 0 Å². The van der Waals surface area contributed by atoms with Crippen LogP contribution in [0.4, 0.5) is 0 Å². The van der Waals surface area contributed by atoms with Crippen molar-refractivity contribution in [2.24, 2.45) is 0 Å². The third-order valence-electron chi connectivity index (χ3n) is 4.42. The van der Waals surface area contributed by atoms with Gasteiger partial charge < -0.3 is 15.0 Å². The highest BCUT2D eigenvalue weighted by Gasteiger charge is 2.30. The van der Waals surface area contributed by atoms with Crippen LogP contribution in [0.25, 0.3) is 0 Å². The van der Waals surface area contributed by atoms with Crippen LogP contribution in [0.5, 0.6) is 5.75 Å². The number of unbranched alkanes of at least 4 members (excludes halogenated alkanes) is 1. The van der Waals surface area contributed by atoms with Crippen molar-refractivity contribution in [3.63, 3.8) is 0 Å². The maximum absolute atomic E-state index is 12.3. The first kappa shape index (κ1) is 18.3. The van der Waals surface area contributed by atoms with Crippen LogP contribution >= 0.6 is 0 Å². The minimum absolute atomic E-state index is 0.0321. The van der Waals surface area contributed by atoms with E-state index in [0.29, 0.717) is 32.5 Å². The average molecular weight is 332 g/mol. The Morgan fingerprint density at radius 3 is 2.88 bits per heavy atom. The Morgan fingerprint density at radius 2 is 2.12 bits per heavy atom. The van der Waals surface area contributed by atoms with Gasteiger partial charge in [0.25, 0.3) is 0 Å². The van der Waals surface area contributed by atoms with Crippen LogP contribution in [0.2, 0.25) is 0 Å². The Labute approximate surface area is 144 Å². The van der Waals surface area contributed by atoms with Crippen molar-refractivity contribution in [3.8, 4) is 5.75 Å². The van der Waals surface area contributed by atoms with Crippen LogP contribution in [0.3, 0.4) is 0 Å². The molecule has 1 fully saturated rings. The van der Waals surface area contributed by atoms with E-state index >= 15 is 0 Å². The van der Waals surface area contributed by atoms with Crippen LogP contribution in [0.15, 0.2) is 18.2 Å². The Kier molecular flexibility index (Phi) is 6.64. The first-order valence-corrected chi connectivity index (χ1v) is 8.80. The summed E-state index contributed by atoms with van der Waals surface area (Å²) in [6.07, 6.45) is 2.74. The van der Waals surface area contributed by atoms with Crippen molar-refractivity contribution in [2.45, 2.75) is 52.5 Å². The van der Waals surface area contributed by atoms with Gasteiger partial charge in [0, 0.05) is 19.5 Å². The molecule has 1 unspecified atom stereocenters. The van der Waals surface area contributed by atoms with Gasteiger partial charge in [-0.15, -0.1) is 0 Å². The van der Waals surface area contributed by atoms with Crippen molar-refractivity contribution in [3.05, 3.63) is 29.3 Å². The molecule has 0 aliphatic carbocycles. The van der Waals surface area contributed by atoms with Crippen molar-refractivity contribution in [1.82, 2.24) is 10.2 Å². The van der Waals surface area contributed by atoms with Crippen molar-refractivity contribution >= 4 is 11.8 Å². The molecule has 1 atom stereocenters. The number of rotatable bonds is 7. The monoisotopic (exact) mass is 332 g/mol. The second-order valence-electron chi connectivity index (χ2n) is 6.38. The van der Waals surface area contributed by atoms with Crippen LogP contribution < -0.4 is 10.1 Å². The zero-order chi connectivity index (χ0) is 17.5. The molecule has 2 rings (SSSR count). The summed E-state index contributed by atoms with van der Waals surface area (Å²) >= 11 is 0. The number of carbonyl (C=O) groups is 2. The molecule has 1 aromatic carbocycles. The number of amides is 2. The van der Waals surface area contributed by atoms with E-state index in [1.165, 1.54) is 5.56 Å². The first-order chi connectivity index (χ1) is 11.5. The predicted octanol–water partition coefficient (Wildman–Crippen LogP) is 2.59. The fraction of sp³-hybridized carbons (Fsp3) is 0.579. The summed E-state index contributed by atoms with van der Waals surface area (Å²) in [5.74, 6) is 0.957. The van der Waals surface area contributed by atoms with Crippen molar-refractivity contribution in [1.29, 1.82) is 0 Å². The standard InChI is InChI=1S/C19H28N2O3/c1-4-16-19(23)20-10-11-21(16)18(22)7-5-6-12-24-17-13-14(2)8-9-15(17)3/h8-9,13,16H,4-7,10-12H2,1-3H3,(H,20,23). The van der Waals surface area contributed by atoms with Gasteiger partial charge in [-0.05, 0) is 50.3 Å². The lowest BCUT2D eigenvalue weighted by Gasteiger charge is -2.34. The highest BCUT2D eigenvalue weighted by atomic mass is 16.5. The number of piperazine rings is 1. The van der Waals surface area contributed by atoms with E-state index in [2.05, 4.69) is 17.4 Å². The summed E-state index contributed by atoms with van der Waals surface area (Å²) in [6, 6.07) is 5.86. The Bertz CT molecular complexity index is 586. The molecule has 1 N–H and O–H groups in total. The Balaban J connectivity index is 1.72. The SMILES string of the molecule is CCC1C(=O)NCCN1C(=O)CCCCOc1cc(C)ccc1C. The molecule has 24 heavy (non-hydrogen) atoms. The number of ether oxygens (including phenoxy) is 1. The van der Waals surface area contributed by atoms with Crippen LogP contribution in [-0.2, 0) is 9.59 Å². The van der Waals surface area contributed by atoms with Gasteiger partial charge >= 0.3 is 0 Å². The maximum Gasteiger partial charge on any atom is 0.242 e. The molecule has 2 amide bonds. The number of hydrogen-bond donors (Lipinski definition) is 1. The number of aryl methyl sites for hydroxylation is 2. The largest absolute Gasteiger partial charge is 0.493 e. The highest BCUT2D eigenvalue weighted by Crippen LogP contribution is 2.19. The second kappa shape index (κ2) is 8.71. The molecule has 5 heteroatoms. The first-order valence-electron chi connectivity index (χ1n) is 8.80. The van der Waals surface area contributed by atoms with Crippen LogP contribution in [-0.4, -0.2) is 42.5 Å².